The number of piperidine rings is 1. The molecular formula is C32H63N3O4. The van der Waals surface area contributed by atoms with Gasteiger partial charge in [-0.2, -0.15) is 0 Å². The first kappa shape index (κ1) is 35.5. The van der Waals surface area contributed by atoms with Crippen LogP contribution in [0.2, 0.25) is 0 Å². The van der Waals surface area contributed by atoms with Crippen LogP contribution in [0.4, 0.5) is 9.59 Å². The zero-order chi connectivity index (χ0) is 28.4. The zero-order valence-corrected chi connectivity index (χ0v) is 26.0. The molecule has 0 aromatic carbocycles. The summed E-state index contributed by atoms with van der Waals surface area (Å²) in [6.45, 7) is 5.36. The Kier molecular flexibility index (Phi) is 23.2. The van der Waals surface area contributed by atoms with E-state index < -0.39 is 0 Å². The monoisotopic (exact) mass is 553 g/mol. The van der Waals surface area contributed by atoms with Crippen molar-refractivity contribution in [2.75, 3.05) is 46.9 Å². The fourth-order valence-electron chi connectivity index (χ4n) is 5.37. The first-order chi connectivity index (χ1) is 19.0. The summed E-state index contributed by atoms with van der Waals surface area (Å²) in [5, 5.41) is 2.88. The van der Waals surface area contributed by atoms with Crippen LogP contribution in [0, 0.1) is 0 Å². The van der Waals surface area contributed by atoms with Gasteiger partial charge in [0, 0.05) is 32.1 Å². The molecule has 1 heterocycles. The molecule has 1 unspecified atom stereocenters. The Balaban J connectivity index is 1.93. The van der Waals surface area contributed by atoms with Crippen molar-refractivity contribution in [2.45, 2.75) is 148 Å². The molecule has 0 radical (unpaired) electrons. The van der Waals surface area contributed by atoms with Crippen molar-refractivity contribution < 1.29 is 19.1 Å². The van der Waals surface area contributed by atoms with E-state index in [1.807, 2.05) is 19.0 Å². The van der Waals surface area contributed by atoms with Gasteiger partial charge < -0.3 is 24.6 Å². The highest BCUT2D eigenvalue weighted by molar-refractivity contribution is 5.68. The quantitative estimate of drug-likeness (QED) is 0.122. The molecule has 7 nitrogen and oxygen atoms in total. The lowest BCUT2D eigenvalue weighted by Crippen LogP contribution is -2.45. The number of ether oxygens (including phenoxy) is 2. The third-order valence-corrected chi connectivity index (χ3v) is 7.82. The minimum absolute atomic E-state index is 0.0909. The van der Waals surface area contributed by atoms with Gasteiger partial charge in [-0.15, -0.1) is 0 Å². The van der Waals surface area contributed by atoms with Crippen LogP contribution in [-0.4, -0.2) is 75.0 Å². The minimum atomic E-state index is -0.343. The fourth-order valence-corrected chi connectivity index (χ4v) is 5.37. The van der Waals surface area contributed by atoms with E-state index in [0.29, 0.717) is 26.2 Å². The van der Waals surface area contributed by atoms with E-state index in [9.17, 15) is 9.59 Å². The van der Waals surface area contributed by atoms with E-state index in [4.69, 9.17) is 9.47 Å². The lowest BCUT2D eigenvalue weighted by atomic mass is 10.0. The molecule has 1 rings (SSSR count). The van der Waals surface area contributed by atoms with Gasteiger partial charge in [-0.3, -0.25) is 0 Å². The molecule has 0 saturated carbocycles. The van der Waals surface area contributed by atoms with E-state index in [2.05, 4.69) is 17.1 Å². The Morgan fingerprint density at radius 1 is 0.744 bits per heavy atom. The van der Waals surface area contributed by atoms with Gasteiger partial charge in [0.05, 0.1) is 13.2 Å². The zero-order valence-electron chi connectivity index (χ0n) is 26.0. The van der Waals surface area contributed by atoms with Gasteiger partial charge in [0.15, 0.2) is 0 Å². The summed E-state index contributed by atoms with van der Waals surface area (Å²) < 4.78 is 10.9. The number of likely N-dealkylation sites (tertiary alicyclic amines) is 1. The molecule has 39 heavy (non-hydrogen) atoms. The van der Waals surface area contributed by atoms with Crippen LogP contribution >= 0.6 is 0 Å². The number of hydrogen-bond donors (Lipinski definition) is 1. The van der Waals surface area contributed by atoms with E-state index in [-0.39, 0.29) is 18.2 Å². The van der Waals surface area contributed by atoms with Gasteiger partial charge in [-0.05, 0) is 46.2 Å². The predicted molar refractivity (Wildman–Crippen MR) is 162 cm³/mol. The van der Waals surface area contributed by atoms with Gasteiger partial charge >= 0.3 is 12.2 Å². The van der Waals surface area contributed by atoms with Gasteiger partial charge in [0.2, 0.25) is 0 Å². The van der Waals surface area contributed by atoms with E-state index in [1.54, 1.807) is 0 Å². The molecule has 1 atom stereocenters. The minimum Gasteiger partial charge on any atom is -0.449 e. The average molecular weight is 554 g/mol. The van der Waals surface area contributed by atoms with Crippen molar-refractivity contribution in [1.82, 2.24) is 15.1 Å². The highest BCUT2D eigenvalue weighted by atomic mass is 16.6. The second kappa shape index (κ2) is 25.5. The molecule has 1 aliphatic heterocycles. The third kappa shape index (κ3) is 21.0. The maximum atomic E-state index is 12.5. The van der Waals surface area contributed by atoms with E-state index in [1.165, 1.54) is 89.9 Å². The molecule has 1 aliphatic rings. The number of carbonyl (C=O) groups is 2. The molecule has 0 aliphatic carbocycles. The molecule has 7 heteroatoms. The standard InChI is InChI=1S/C32H63N3O4/c1-4-5-6-7-8-9-10-11-12-13-14-15-16-17-18-20-25-33-31(36)38-29-24-30-23-19-21-27-35(30)32(37)39-28-22-26-34(2)3/h30H,4-29H2,1-3H3,(H,33,36). The highest BCUT2D eigenvalue weighted by Crippen LogP contribution is 2.21. The first-order valence-electron chi connectivity index (χ1n) is 16.5. The van der Waals surface area contributed by atoms with Gasteiger partial charge in [-0.1, -0.05) is 103 Å². The maximum absolute atomic E-state index is 12.5. The second-order valence-corrected chi connectivity index (χ2v) is 11.8. The Morgan fingerprint density at radius 3 is 1.87 bits per heavy atom. The van der Waals surface area contributed by atoms with Gasteiger partial charge in [0.1, 0.15) is 0 Å². The van der Waals surface area contributed by atoms with Crippen molar-refractivity contribution in [3.8, 4) is 0 Å². The maximum Gasteiger partial charge on any atom is 0.410 e. The number of rotatable bonds is 24. The number of unbranched alkanes of at least 4 members (excludes halogenated alkanes) is 15. The van der Waals surface area contributed by atoms with Crippen LogP contribution in [0.5, 0.6) is 0 Å². The molecular weight excluding hydrogens is 490 g/mol. The van der Waals surface area contributed by atoms with Crippen molar-refractivity contribution in [2.24, 2.45) is 0 Å². The van der Waals surface area contributed by atoms with Crippen molar-refractivity contribution in [3.63, 3.8) is 0 Å². The number of hydrogen-bond acceptors (Lipinski definition) is 5. The predicted octanol–water partition coefficient (Wildman–Crippen LogP) is 8.31. The second-order valence-electron chi connectivity index (χ2n) is 11.8. The first-order valence-corrected chi connectivity index (χ1v) is 16.5. The molecule has 1 N–H and O–H groups in total. The Hall–Kier alpha value is -1.50. The number of alkyl carbamates (subject to hydrolysis) is 1. The summed E-state index contributed by atoms with van der Waals surface area (Å²) in [6, 6.07) is 0.0909. The molecule has 2 amide bonds. The van der Waals surface area contributed by atoms with Crippen LogP contribution in [0.15, 0.2) is 0 Å². The molecule has 1 fully saturated rings. The summed E-state index contributed by atoms with van der Waals surface area (Å²) in [6.07, 6.45) is 25.5. The third-order valence-electron chi connectivity index (χ3n) is 7.82. The normalized spacial score (nSPS) is 15.5. The summed E-state index contributed by atoms with van der Waals surface area (Å²) in [7, 11) is 4.03. The van der Waals surface area contributed by atoms with Crippen molar-refractivity contribution >= 4 is 12.2 Å². The van der Waals surface area contributed by atoms with Crippen LogP contribution in [0.1, 0.15) is 142 Å². The topological polar surface area (TPSA) is 71.1 Å². The van der Waals surface area contributed by atoms with Gasteiger partial charge in [-0.25, -0.2) is 9.59 Å². The van der Waals surface area contributed by atoms with Crippen LogP contribution in [0.25, 0.3) is 0 Å². The summed E-state index contributed by atoms with van der Waals surface area (Å²) in [4.78, 5) is 28.5. The molecule has 0 aromatic heterocycles. The molecule has 230 valence electrons. The van der Waals surface area contributed by atoms with Crippen LogP contribution < -0.4 is 5.32 Å². The van der Waals surface area contributed by atoms with Crippen LogP contribution in [-0.2, 0) is 9.47 Å². The lowest BCUT2D eigenvalue weighted by Gasteiger charge is -2.34. The highest BCUT2D eigenvalue weighted by Gasteiger charge is 2.27. The van der Waals surface area contributed by atoms with Crippen molar-refractivity contribution in [1.29, 1.82) is 0 Å². The molecule has 0 spiro atoms. The Morgan fingerprint density at radius 2 is 1.31 bits per heavy atom. The number of nitrogens with zero attached hydrogens (tertiary/aromatic N) is 2. The fraction of sp³-hybridized carbons (Fsp3) is 0.938. The smallest absolute Gasteiger partial charge is 0.410 e. The van der Waals surface area contributed by atoms with E-state index >= 15 is 0 Å². The molecule has 0 bridgehead atoms. The number of carbonyl (C=O) groups excluding carboxylic acids is 2. The van der Waals surface area contributed by atoms with E-state index in [0.717, 1.165) is 51.6 Å². The SMILES string of the molecule is CCCCCCCCCCCCCCCCCCNC(=O)OCCC1CCCCN1C(=O)OCCCN(C)C. The summed E-state index contributed by atoms with van der Waals surface area (Å²) >= 11 is 0. The Labute approximate surface area is 241 Å². The molecule has 0 aromatic rings. The largest absolute Gasteiger partial charge is 0.449 e. The number of nitrogens with one attached hydrogen (secondary N) is 1. The summed E-state index contributed by atoms with van der Waals surface area (Å²) in [5.74, 6) is 0. The molecule has 1 saturated heterocycles. The lowest BCUT2D eigenvalue weighted by molar-refractivity contribution is 0.0613. The Bertz CT molecular complexity index is 588. The van der Waals surface area contributed by atoms with Crippen LogP contribution in [0.3, 0.4) is 0 Å². The van der Waals surface area contributed by atoms with Gasteiger partial charge in [0.25, 0.3) is 0 Å². The number of amides is 2. The summed E-state index contributed by atoms with van der Waals surface area (Å²) in [5.41, 5.74) is 0. The average Bonchev–Trinajstić information content (AvgIpc) is 2.93. The van der Waals surface area contributed by atoms with Crippen molar-refractivity contribution in [3.05, 3.63) is 0 Å².